The Morgan fingerprint density at radius 1 is 0.882 bits per heavy atom. The van der Waals surface area contributed by atoms with Gasteiger partial charge in [0.25, 0.3) is 0 Å². The minimum atomic E-state index is 0.422. The van der Waals surface area contributed by atoms with Gasteiger partial charge in [0.15, 0.2) is 0 Å². The van der Waals surface area contributed by atoms with Crippen LogP contribution in [0, 0.1) is 28.6 Å². The molecule has 0 amide bonds. The summed E-state index contributed by atoms with van der Waals surface area (Å²) in [5.41, 5.74) is 0.924. The van der Waals surface area contributed by atoms with E-state index < -0.39 is 0 Å². The number of rotatable bonds is 6. The molecule has 0 aromatic carbocycles. The van der Waals surface area contributed by atoms with Gasteiger partial charge in [-0.25, -0.2) is 0 Å². The molecule has 0 N–H and O–H groups in total. The lowest BCUT2D eigenvalue weighted by Crippen LogP contribution is -2.34. The summed E-state index contributed by atoms with van der Waals surface area (Å²) >= 11 is 0. The highest BCUT2D eigenvalue weighted by Gasteiger charge is 2.36. The number of hydrogen-bond donors (Lipinski definition) is 0. The summed E-state index contributed by atoms with van der Waals surface area (Å²) in [5.74, 6) is 2.45. The highest BCUT2D eigenvalue weighted by Crippen LogP contribution is 2.46. The molecule has 104 valence electrons. The maximum absolute atomic E-state index is 2.50. The van der Waals surface area contributed by atoms with Crippen molar-refractivity contribution in [3.63, 3.8) is 0 Å². The maximum atomic E-state index is 2.50. The second-order valence-corrected chi connectivity index (χ2v) is 7.86. The molecule has 0 radical (unpaired) electrons. The molecule has 0 heterocycles. The van der Waals surface area contributed by atoms with Crippen molar-refractivity contribution in [2.24, 2.45) is 28.6 Å². The molecule has 0 aliphatic heterocycles. The molecular weight excluding hydrogens is 204 g/mol. The van der Waals surface area contributed by atoms with Crippen LogP contribution >= 0.6 is 0 Å². The van der Waals surface area contributed by atoms with Crippen LogP contribution in [0.1, 0.15) is 81.6 Å². The van der Waals surface area contributed by atoms with Gasteiger partial charge < -0.3 is 0 Å². The summed E-state index contributed by atoms with van der Waals surface area (Å²) < 4.78 is 0. The molecule has 3 unspecified atom stereocenters. The molecule has 3 atom stereocenters. The van der Waals surface area contributed by atoms with Gasteiger partial charge in [-0.2, -0.15) is 0 Å². The van der Waals surface area contributed by atoms with Gasteiger partial charge in [-0.05, 0) is 41.4 Å². The molecule has 0 nitrogen and oxygen atoms in total. The van der Waals surface area contributed by atoms with E-state index in [0.717, 1.165) is 17.8 Å². The zero-order valence-corrected chi connectivity index (χ0v) is 13.9. The van der Waals surface area contributed by atoms with Gasteiger partial charge in [-0.15, -0.1) is 0 Å². The van der Waals surface area contributed by atoms with Crippen molar-refractivity contribution in [1.82, 2.24) is 0 Å². The van der Waals surface area contributed by atoms with Crippen LogP contribution in [0.2, 0.25) is 0 Å². The van der Waals surface area contributed by atoms with Crippen LogP contribution in [-0.2, 0) is 0 Å². The second-order valence-electron chi connectivity index (χ2n) is 7.86. The van der Waals surface area contributed by atoms with Crippen molar-refractivity contribution in [1.29, 1.82) is 0 Å². The van der Waals surface area contributed by atoms with E-state index in [-0.39, 0.29) is 0 Å². The van der Waals surface area contributed by atoms with Crippen molar-refractivity contribution in [2.45, 2.75) is 81.6 Å². The third-order valence-corrected chi connectivity index (χ3v) is 5.46. The first-order valence-corrected chi connectivity index (χ1v) is 7.54. The highest BCUT2D eigenvalue weighted by atomic mass is 14.4. The van der Waals surface area contributed by atoms with Crippen LogP contribution in [0.3, 0.4) is 0 Å². The predicted molar refractivity (Wildman–Crippen MR) is 80.3 cm³/mol. The van der Waals surface area contributed by atoms with Crippen LogP contribution in [-0.4, -0.2) is 0 Å². The lowest BCUT2D eigenvalue weighted by molar-refractivity contribution is 0.0652. The van der Waals surface area contributed by atoms with Crippen molar-refractivity contribution in [2.75, 3.05) is 0 Å². The van der Waals surface area contributed by atoms with Crippen molar-refractivity contribution >= 4 is 0 Å². The fraction of sp³-hybridized carbons (Fsp3) is 1.00. The fourth-order valence-corrected chi connectivity index (χ4v) is 2.64. The summed E-state index contributed by atoms with van der Waals surface area (Å²) in [5, 5.41) is 0. The Bertz CT molecular complexity index is 209. The van der Waals surface area contributed by atoms with Crippen LogP contribution < -0.4 is 0 Å². The second kappa shape index (κ2) is 6.25. The lowest BCUT2D eigenvalue weighted by Gasteiger charge is -2.43. The minimum Gasteiger partial charge on any atom is -0.0649 e. The molecular formula is C17H36. The van der Waals surface area contributed by atoms with Gasteiger partial charge >= 0.3 is 0 Å². The average Bonchev–Trinajstić information content (AvgIpc) is 2.22. The van der Waals surface area contributed by atoms with E-state index >= 15 is 0 Å². The van der Waals surface area contributed by atoms with E-state index in [2.05, 4.69) is 62.3 Å². The van der Waals surface area contributed by atoms with Crippen molar-refractivity contribution in [3.05, 3.63) is 0 Å². The largest absolute Gasteiger partial charge is 0.0649 e. The summed E-state index contributed by atoms with van der Waals surface area (Å²) in [6.07, 6.45) is 4.06. The first-order chi connectivity index (χ1) is 7.54. The lowest BCUT2D eigenvalue weighted by atomic mass is 9.62. The molecule has 0 bridgehead atoms. The summed E-state index contributed by atoms with van der Waals surface area (Å²) in [7, 11) is 0. The predicted octanol–water partition coefficient (Wildman–Crippen LogP) is 6.16. The molecule has 0 fully saturated rings. The Labute approximate surface area is 111 Å². The normalized spacial score (nSPS) is 20.1. The Kier molecular flexibility index (Phi) is 6.25. The Morgan fingerprint density at radius 3 is 1.65 bits per heavy atom. The van der Waals surface area contributed by atoms with E-state index in [1.807, 2.05) is 0 Å². The van der Waals surface area contributed by atoms with Crippen molar-refractivity contribution in [3.8, 4) is 0 Å². The number of hydrogen-bond acceptors (Lipinski definition) is 0. The highest BCUT2D eigenvalue weighted by molar-refractivity contribution is 4.86. The van der Waals surface area contributed by atoms with Crippen molar-refractivity contribution < 1.29 is 0 Å². The molecule has 0 aliphatic rings. The van der Waals surface area contributed by atoms with Gasteiger partial charge in [0.2, 0.25) is 0 Å². The molecule has 0 heteroatoms. The minimum absolute atomic E-state index is 0.422. The molecule has 17 heavy (non-hydrogen) atoms. The standard InChI is InChI=1S/C17H36/c1-10-17(9,15(5)16(6,7)8)12-11-14(4)13(2)3/h13-15H,10-12H2,1-9H3. The van der Waals surface area contributed by atoms with Crippen LogP contribution in [0.4, 0.5) is 0 Å². The average molecular weight is 240 g/mol. The van der Waals surface area contributed by atoms with Gasteiger partial charge in [0.1, 0.15) is 0 Å². The van der Waals surface area contributed by atoms with E-state index in [1.165, 1.54) is 19.3 Å². The van der Waals surface area contributed by atoms with Crippen LogP contribution in [0.15, 0.2) is 0 Å². The molecule has 0 spiro atoms. The smallest absolute Gasteiger partial charge is 0.0298 e. The van der Waals surface area contributed by atoms with Gasteiger partial charge in [0, 0.05) is 0 Å². The van der Waals surface area contributed by atoms with Gasteiger partial charge in [0.05, 0.1) is 0 Å². The summed E-state index contributed by atoms with van der Waals surface area (Å²) in [4.78, 5) is 0. The molecule has 0 saturated heterocycles. The molecule has 0 aliphatic carbocycles. The Morgan fingerprint density at radius 2 is 1.35 bits per heavy atom. The third kappa shape index (κ3) is 5.02. The first-order valence-electron chi connectivity index (χ1n) is 7.54. The van der Waals surface area contributed by atoms with Gasteiger partial charge in [-0.1, -0.05) is 68.7 Å². The summed E-state index contributed by atoms with van der Waals surface area (Å²) in [6, 6.07) is 0. The third-order valence-electron chi connectivity index (χ3n) is 5.46. The zero-order valence-electron chi connectivity index (χ0n) is 13.9. The zero-order chi connectivity index (χ0) is 13.9. The molecule has 0 saturated carbocycles. The van der Waals surface area contributed by atoms with Gasteiger partial charge in [-0.3, -0.25) is 0 Å². The monoisotopic (exact) mass is 240 g/mol. The van der Waals surface area contributed by atoms with E-state index in [4.69, 9.17) is 0 Å². The molecule has 0 rings (SSSR count). The Balaban J connectivity index is 4.59. The SMILES string of the molecule is CCC(C)(CCC(C)C(C)C)C(C)C(C)(C)C. The van der Waals surface area contributed by atoms with Crippen LogP contribution in [0.25, 0.3) is 0 Å². The quantitative estimate of drug-likeness (QED) is 0.522. The summed E-state index contributed by atoms with van der Waals surface area (Å²) in [6.45, 7) is 21.6. The molecule has 0 aromatic heterocycles. The fourth-order valence-electron chi connectivity index (χ4n) is 2.64. The Hall–Kier alpha value is 0. The van der Waals surface area contributed by atoms with E-state index in [9.17, 15) is 0 Å². The van der Waals surface area contributed by atoms with Crippen LogP contribution in [0.5, 0.6) is 0 Å². The molecule has 0 aromatic rings. The first kappa shape index (κ1) is 17.0. The maximum Gasteiger partial charge on any atom is -0.0298 e. The van der Waals surface area contributed by atoms with E-state index in [0.29, 0.717) is 10.8 Å². The topological polar surface area (TPSA) is 0 Å². The van der Waals surface area contributed by atoms with E-state index in [1.54, 1.807) is 0 Å².